The van der Waals surface area contributed by atoms with Crippen LogP contribution in [0, 0.1) is 0 Å². The fourth-order valence-electron chi connectivity index (χ4n) is 0.649. The first-order valence-electron chi connectivity index (χ1n) is 3.56. The Morgan fingerprint density at radius 1 is 1.55 bits per heavy atom. The summed E-state index contributed by atoms with van der Waals surface area (Å²) in [6.45, 7) is 1.79. The fraction of sp³-hybridized carbons (Fsp3) is 0.857. The Hall–Kier alpha value is -0.610. The summed E-state index contributed by atoms with van der Waals surface area (Å²) in [6.07, 6.45) is -0.949. The molecule has 1 amide bonds. The summed E-state index contributed by atoms with van der Waals surface area (Å²) in [7, 11) is 5.14. The lowest BCUT2D eigenvalue weighted by Crippen LogP contribution is -2.45. The molecule has 2 atom stereocenters. The second kappa shape index (κ2) is 4.31. The van der Waals surface area contributed by atoms with Crippen LogP contribution in [0.15, 0.2) is 0 Å². The summed E-state index contributed by atoms with van der Waals surface area (Å²) in [5, 5.41) is 11.7. The summed E-state index contributed by atoms with van der Waals surface area (Å²) in [5.41, 5.74) is 0. The van der Waals surface area contributed by atoms with Crippen LogP contribution in [0.3, 0.4) is 0 Å². The molecule has 0 spiro atoms. The predicted molar refractivity (Wildman–Crippen MR) is 43.2 cm³/mol. The third-order valence-corrected chi connectivity index (χ3v) is 1.79. The number of hydrogen-bond acceptors (Lipinski definition) is 3. The van der Waals surface area contributed by atoms with Gasteiger partial charge >= 0.3 is 0 Å². The molecule has 0 bridgehead atoms. The third kappa shape index (κ3) is 2.86. The Labute approximate surface area is 67.2 Å². The molecule has 0 fully saturated rings. The molecule has 0 saturated carbocycles. The highest BCUT2D eigenvalue weighted by Crippen LogP contribution is 1.98. The number of carbonyl (C=O) groups is 1. The minimum atomic E-state index is -0.949. The Morgan fingerprint density at radius 2 is 2.00 bits per heavy atom. The molecule has 2 N–H and O–H groups in total. The van der Waals surface area contributed by atoms with Crippen molar-refractivity contribution in [3.8, 4) is 0 Å². The lowest BCUT2D eigenvalue weighted by Gasteiger charge is -2.23. The highest BCUT2D eigenvalue weighted by atomic mass is 16.3. The van der Waals surface area contributed by atoms with Crippen molar-refractivity contribution < 1.29 is 9.90 Å². The van der Waals surface area contributed by atoms with Gasteiger partial charge in [-0.2, -0.15) is 0 Å². The molecule has 0 aromatic rings. The van der Waals surface area contributed by atoms with E-state index in [-0.39, 0.29) is 11.9 Å². The summed E-state index contributed by atoms with van der Waals surface area (Å²) >= 11 is 0. The number of amides is 1. The van der Waals surface area contributed by atoms with Gasteiger partial charge in [0.15, 0.2) is 0 Å². The molecular weight excluding hydrogens is 144 g/mol. The number of nitrogens with zero attached hydrogens (tertiary/aromatic N) is 1. The number of aliphatic hydroxyl groups excluding tert-OH is 1. The molecule has 0 aliphatic heterocycles. The Bertz CT molecular complexity index is 136. The topological polar surface area (TPSA) is 52.6 Å². The van der Waals surface area contributed by atoms with E-state index in [1.54, 1.807) is 11.8 Å². The van der Waals surface area contributed by atoms with Crippen LogP contribution >= 0.6 is 0 Å². The lowest BCUT2D eigenvalue weighted by molar-refractivity contribution is -0.131. The molecule has 0 heterocycles. The molecule has 4 heteroatoms. The summed E-state index contributed by atoms with van der Waals surface area (Å²) in [5.74, 6) is -0.341. The van der Waals surface area contributed by atoms with E-state index in [1.807, 2.05) is 14.1 Å². The number of nitrogens with one attached hydrogen (secondary N) is 1. The molecule has 0 aromatic heterocycles. The van der Waals surface area contributed by atoms with Crippen LogP contribution in [-0.2, 0) is 4.79 Å². The van der Waals surface area contributed by atoms with Gasteiger partial charge in [0.05, 0.1) is 0 Å². The van der Waals surface area contributed by atoms with E-state index < -0.39 is 6.10 Å². The van der Waals surface area contributed by atoms with Gasteiger partial charge in [-0.25, -0.2) is 0 Å². The zero-order valence-electron chi connectivity index (χ0n) is 7.46. The van der Waals surface area contributed by atoms with Crippen LogP contribution < -0.4 is 5.32 Å². The second-order valence-corrected chi connectivity index (χ2v) is 2.76. The van der Waals surface area contributed by atoms with E-state index in [2.05, 4.69) is 5.32 Å². The smallest absolute Gasteiger partial charge is 0.250 e. The van der Waals surface area contributed by atoms with E-state index in [0.717, 1.165) is 0 Å². The van der Waals surface area contributed by atoms with Crippen molar-refractivity contribution >= 4 is 5.91 Å². The number of hydrogen-bond donors (Lipinski definition) is 2. The van der Waals surface area contributed by atoms with Crippen LogP contribution in [0.5, 0.6) is 0 Å². The van der Waals surface area contributed by atoms with Crippen molar-refractivity contribution in [2.24, 2.45) is 0 Å². The third-order valence-electron chi connectivity index (χ3n) is 1.79. The minimum absolute atomic E-state index is 0.157. The quantitative estimate of drug-likeness (QED) is 0.559. The van der Waals surface area contributed by atoms with Crippen molar-refractivity contribution in [2.75, 3.05) is 21.1 Å². The van der Waals surface area contributed by atoms with Gasteiger partial charge in [0, 0.05) is 13.1 Å². The minimum Gasteiger partial charge on any atom is -0.382 e. The Kier molecular flexibility index (Phi) is 4.07. The van der Waals surface area contributed by atoms with Crippen LogP contribution in [-0.4, -0.2) is 49.2 Å². The largest absolute Gasteiger partial charge is 0.382 e. The number of carbonyl (C=O) groups excluding carboxylic acids is 1. The van der Waals surface area contributed by atoms with Gasteiger partial charge in [-0.05, 0) is 21.0 Å². The van der Waals surface area contributed by atoms with E-state index >= 15 is 0 Å². The molecule has 0 aromatic carbocycles. The first-order valence-corrected chi connectivity index (χ1v) is 3.56. The summed E-state index contributed by atoms with van der Waals surface area (Å²) in [4.78, 5) is 12.7. The molecule has 66 valence electrons. The van der Waals surface area contributed by atoms with E-state index in [4.69, 9.17) is 0 Å². The van der Waals surface area contributed by atoms with Crippen molar-refractivity contribution in [1.82, 2.24) is 10.2 Å². The second-order valence-electron chi connectivity index (χ2n) is 2.76. The molecule has 4 nitrogen and oxygen atoms in total. The lowest BCUT2D eigenvalue weighted by atomic mass is 10.1. The van der Waals surface area contributed by atoms with Gasteiger partial charge in [-0.3, -0.25) is 4.79 Å². The molecule has 1 unspecified atom stereocenters. The van der Waals surface area contributed by atoms with E-state index in [1.165, 1.54) is 7.05 Å². The van der Waals surface area contributed by atoms with Gasteiger partial charge in [-0.1, -0.05) is 0 Å². The van der Waals surface area contributed by atoms with Crippen LogP contribution in [0.1, 0.15) is 6.92 Å². The maximum absolute atomic E-state index is 10.9. The maximum atomic E-state index is 10.9. The van der Waals surface area contributed by atoms with Gasteiger partial charge < -0.3 is 15.3 Å². The van der Waals surface area contributed by atoms with Crippen LogP contribution in [0.4, 0.5) is 0 Å². The molecule has 0 rings (SSSR count). The maximum Gasteiger partial charge on any atom is 0.250 e. The van der Waals surface area contributed by atoms with Crippen molar-refractivity contribution in [1.29, 1.82) is 0 Å². The zero-order valence-corrected chi connectivity index (χ0v) is 7.46. The Balaban J connectivity index is 4.01. The SMILES string of the molecule is CNC(=O)C(O)[C@H](C)N(C)C. The molecule has 0 saturated heterocycles. The molecule has 0 radical (unpaired) electrons. The highest BCUT2D eigenvalue weighted by molar-refractivity contribution is 5.80. The van der Waals surface area contributed by atoms with Crippen molar-refractivity contribution in [3.63, 3.8) is 0 Å². The number of rotatable bonds is 3. The van der Waals surface area contributed by atoms with Gasteiger partial charge in [0.1, 0.15) is 6.10 Å². The molecular formula is C7H16N2O2. The predicted octanol–water partition coefficient (Wildman–Crippen LogP) is -0.957. The first kappa shape index (κ1) is 10.4. The van der Waals surface area contributed by atoms with Gasteiger partial charge in [0.2, 0.25) is 5.91 Å². The van der Waals surface area contributed by atoms with E-state index in [9.17, 15) is 9.90 Å². The first-order chi connectivity index (χ1) is 5.00. The normalized spacial score (nSPS) is 16.2. The standard InChI is InChI=1S/C7H16N2O2/c1-5(9(3)4)6(10)7(11)8-2/h5-6,10H,1-4H3,(H,8,11)/t5-,6?/m0/s1. The molecule has 0 aliphatic carbocycles. The monoisotopic (exact) mass is 160 g/mol. The Morgan fingerprint density at radius 3 is 2.27 bits per heavy atom. The van der Waals surface area contributed by atoms with Crippen LogP contribution in [0.25, 0.3) is 0 Å². The van der Waals surface area contributed by atoms with Crippen molar-refractivity contribution in [3.05, 3.63) is 0 Å². The van der Waals surface area contributed by atoms with Crippen molar-refractivity contribution in [2.45, 2.75) is 19.1 Å². The fourth-order valence-corrected chi connectivity index (χ4v) is 0.649. The molecule has 0 aliphatic rings. The number of likely N-dealkylation sites (N-methyl/N-ethyl adjacent to an activating group) is 2. The summed E-state index contributed by atoms with van der Waals surface area (Å²) in [6, 6.07) is -0.157. The van der Waals surface area contributed by atoms with Crippen LogP contribution in [0.2, 0.25) is 0 Å². The average molecular weight is 160 g/mol. The average Bonchev–Trinajstić information content (AvgIpc) is 2.00. The van der Waals surface area contributed by atoms with Gasteiger partial charge in [-0.15, -0.1) is 0 Å². The van der Waals surface area contributed by atoms with E-state index in [0.29, 0.717) is 0 Å². The van der Waals surface area contributed by atoms with Gasteiger partial charge in [0.25, 0.3) is 0 Å². The summed E-state index contributed by atoms with van der Waals surface area (Å²) < 4.78 is 0. The zero-order chi connectivity index (χ0) is 9.02. The highest BCUT2D eigenvalue weighted by Gasteiger charge is 2.22. The molecule has 11 heavy (non-hydrogen) atoms. The number of aliphatic hydroxyl groups is 1.